The van der Waals surface area contributed by atoms with Crippen molar-refractivity contribution in [1.29, 1.82) is 0 Å². The van der Waals surface area contributed by atoms with E-state index in [2.05, 4.69) is 26.6 Å². The van der Waals surface area contributed by atoms with Gasteiger partial charge in [0.25, 0.3) is 0 Å². The summed E-state index contributed by atoms with van der Waals surface area (Å²) >= 11 is 6.01. The van der Waals surface area contributed by atoms with E-state index >= 15 is 0 Å². The zero-order valence-corrected chi connectivity index (χ0v) is 8.78. The third-order valence-electron chi connectivity index (χ3n) is 0. The second kappa shape index (κ2) is 2.51. The minimum atomic E-state index is -2.38. The molecule has 0 bridgehead atoms. The molecule has 0 aliphatic carbocycles. The summed E-state index contributed by atoms with van der Waals surface area (Å²) < 4.78 is 0. The first-order valence-corrected chi connectivity index (χ1v) is 16.0. The van der Waals surface area contributed by atoms with Gasteiger partial charge in [-0.05, 0) is 0 Å². The van der Waals surface area contributed by atoms with Gasteiger partial charge in [-0.15, -0.1) is 0 Å². The molecule has 0 spiro atoms. The molecule has 0 fully saturated rings. The summed E-state index contributed by atoms with van der Waals surface area (Å²) in [7, 11) is 8.24. The van der Waals surface area contributed by atoms with Crippen molar-refractivity contribution in [1.82, 2.24) is 0 Å². The molecule has 0 aromatic rings. The SMILES string of the molecule is [Cl][Pt+2]([Cl])([Br])[Br]. The molecule has 0 N–H and O–H groups in total. The molecule has 0 radical (unpaired) electrons. The van der Waals surface area contributed by atoms with Crippen LogP contribution in [0.3, 0.4) is 0 Å². The molecule has 0 atom stereocenters. The van der Waals surface area contributed by atoms with Crippen molar-refractivity contribution < 1.29 is 9.87 Å². The Balaban J connectivity index is 3.02. The van der Waals surface area contributed by atoms with Gasteiger partial charge in [0.15, 0.2) is 0 Å². The summed E-state index contributed by atoms with van der Waals surface area (Å²) in [5.41, 5.74) is 0. The summed E-state index contributed by atoms with van der Waals surface area (Å²) in [6, 6.07) is 0. The fourth-order valence-corrected chi connectivity index (χ4v) is 0. The molecular formula is Br2Cl2Pt+2. The van der Waals surface area contributed by atoms with Gasteiger partial charge in [-0.25, -0.2) is 0 Å². The van der Waals surface area contributed by atoms with Crippen LogP contribution in [0, 0.1) is 0 Å². The first kappa shape index (κ1) is 7.23. The van der Waals surface area contributed by atoms with E-state index in [0.29, 0.717) is 0 Å². The molecule has 0 amide bonds. The van der Waals surface area contributed by atoms with Crippen LogP contribution < -0.4 is 0 Å². The molecule has 0 aromatic heterocycles. The van der Waals surface area contributed by atoms with Crippen molar-refractivity contribution in [3.05, 3.63) is 0 Å². The van der Waals surface area contributed by atoms with Gasteiger partial charge in [-0.3, -0.25) is 0 Å². The van der Waals surface area contributed by atoms with Crippen molar-refractivity contribution >= 4 is 45.4 Å². The van der Waals surface area contributed by atoms with Crippen LogP contribution in [0.2, 0.25) is 0 Å². The van der Waals surface area contributed by atoms with Crippen LogP contribution in [0.15, 0.2) is 0 Å². The third kappa shape index (κ3) is 22.4. The molecule has 0 aliphatic rings. The Bertz CT molecular complexity index is 23.1. The molecule has 0 nitrogen and oxygen atoms in total. The van der Waals surface area contributed by atoms with Crippen LogP contribution in [0.1, 0.15) is 0 Å². The fraction of sp³-hybridized carbons (Fsp3) is 0. The van der Waals surface area contributed by atoms with Crippen molar-refractivity contribution in [2.24, 2.45) is 0 Å². The summed E-state index contributed by atoms with van der Waals surface area (Å²) in [6.45, 7) is 0. The standard InChI is InChI=1S/2BrH.2ClH.Pt/h4*1H;/q;;;;+6/p-4. The van der Waals surface area contributed by atoms with Crippen LogP contribution in [-0.2, 0) is 9.87 Å². The Hall–Kier alpha value is 2.23. The molecule has 0 aliphatic heterocycles. The van der Waals surface area contributed by atoms with Crippen LogP contribution in [0.5, 0.6) is 0 Å². The van der Waals surface area contributed by atoms with Crippen LogP contribution in [-0.4, -0.2) is 0 Å². The molecule has 0 aromatic carbocycles. The Labute approximate surface area is 54.5 Å². The van der Waals surface area contributed by atoms with Gasteiger partial charge in [-0.2, -0.15) is 0 Å². The summed E-state index contributed by atoms with van der Waals surface area (Å²) in [5, 5.41) is 0. The van der Waals surface area contributed by atoms with Gasteiger partial charge in [0.05, 0.1) is 0 Å². The average Bonchev–Trinajstić information content (AvgIpc) is 0.722. The molecule has 0 unspecified atom stereocenters. The Morgan fingerprint density at radius 2 is 1.20 bits per heavy atom. The second-order valence-electron chi connectivity index (χ2n) is 0.271. The topological polar surface area (TPSA) is 0 Å². The number of halogens is 4. The molecule has 36 valence electrons. The van der Waals surface area contributed by atoms with E-state index in [-0.39, 0.29) is 0 Å². The monoisotopic (exact) mass is 423 g/mol. The van der Waals surface area contributed by atoms with E-state index in [9.17, 15) is 0 Å². The molecule has 0 rings (SSSR count). The van der Waals surface area contributed by atoms with Crippen LogP contribution in [0.25, 0.3) is 0 Å². The van der Waals surface area contributed by atoms with Crippen molar-refractivity contribution in [3.8, 4) is 0 Å². The van der Waals surface area contributed by atoms with Gasteiger partial charge in [0, 0.05) is 0 Å². The predicted molar refractivity (Wildman–Crippen MR) is 29.6 cm³/mol. The summed E-state index contributed by atoms with van der Waals surface area (Å²) in [4.78, 5) is 0. The normalized spacial score (nSPS) is 15.2. The zero-order valence-electron chi connectivity index (χ0n) is 1.83. The Morgan fingerprint density at radius 1 is 1.20 bits per heavy atom. The van der Waals surface area contributed by atoms with Crippen molar-refractivity contribution in [3.63, 3.8) is 0 Å². The first-order valence-electron chi connectivity index (χ1n) is 0.478. The Kier molecular flexibility index (Phi) is 3.64. The Morgan fingerprint density at radius 3 is 1.20 bits per heavy atom. The van der Waals surface area contributed by atoms with E-state index in [4.69, 9.17) is 18.8 Å². The zero-order chi connectivity index (χ0) is 4.50. The number of hydrogen-bond acceptors (Lipinski definition) is 0. The molecule has 0 saturated carbocycles. The van der Waals surface area contributed by atoms with E-state index in [1.807, 2.05) is 0 Å². The molecular weight excluding hydrogens is 426 g/mol. The maximum absolute atomic E-state index is 5.31. The van der Waals surface area contributed by atoms with Crippen LogP contribution in [0.4, 0.5) is 0 Å². The number of hydrogen-bond donors (Lipinski definition) is 0. The first-order chi connectivity index (χ1) is 2.00. The number of rotatable bonds is 0. The summed E-state index contributed by atoms with van der Waals surface area (Å²) in [6.07, 6.45) is 0. The second-order valence-corrected chi connectivity index (χ2v) is 36.4. The van der Waals surface area contributed by atoms with E-state index in [0.717, 1.165) is 0 Å². The summed E-state index contributed by atoms with van der Waals surface area (Å²) in [5.74, 6) is 0. The fourth-order valence-electron chi connectivity index (χ4n) is 0. The van der Waals surface area contributed by atoms with Gasteiger partial charge in [0.2, 0.25) is 0 Å². The van der Waals surface area contributed by atoms with E-state index < -0.39 is 9.87 Å². The minimum absolute atomic E-state index is 2.38. The molecule has 5 heavy (non-hydrogen) atoms. The quantitative estimate of drug-likeness (QED) is 0.559. The van der Waals surface area contributed by atoms with E-state index in [1.54, 1.807) is 0 Å². The molecule has 5 heteroatoms. The van der Waals surface area contributed by atoms with Crippen LogP contribution >= 0.6 is 45.4 Å². The third-order valence-corrected chi connectivity index (χ3v) is 0. The maximum atomic E-state index is 5.31. The average molecular weight is 426 g/mol. The molecule has 0 saturated heterocycles. The molecule has 0 heterocycles. The van der Waals surface area contributed by atoms with Crippen molar-refractivity contribution in [2.75, 3.05) is 0 Å². The predicted octanol–water partition coefficient (Wildman–Crippen LogP) is 3.07. The van der Waals surface area contributed by atoms with Gasteiger partial charge in [-0.1, -0.05) is 0 Å². The van der Waals surface area contributed by atoms with Crippen molar-refractivity contribution in [2.45, 2.75) is 0 Å². The van der Waals surface area contributed by atoms with Gasteiger partial charge in [0.1, 0.15) is 0 Å². The van der Waals surface area contributed by atoms with Gasteiger partial charge < -0.3 is 0 Å². The van der Waals surface area contributed by atoms with Gasteiger partial charge >= 0.3 is 55.3 Å². The van der Waals surface area contributed by atoms with E-state index in [1.165, 1.54) is 0 Å².